The van der Waals surface area contributed by atoms with E-state index < -0.39 is 0 Å². The number of nitrogens with zero attached hydrogens (tertiary/aromatic N) is 1. The van der Waals surface area contributed by atoms with Crippen molar-refractivity contribution in [3.8, 4) is 0 Å². The van der Waals surface area contributed by atoms with Crippen LogP contribution in [0.2, 0.25) is 0 Å². The molecule has 0 fully saturated rings. The highest BCUT2D eigenvalue weighted by Crippen LogP contribution is 2.16. The summed E-state index contributed by atoms with van der Waals surface area (Å²) >= 11 is 0. The van der Waals surface area contributed by atoms with Crippen molar-refractivity contribution in [1.29, 1.82) is 0 Å². The molecule has 0 heterocycles. The third-order valence-corrected chi connectivity index (χ3v) is 3.48. The SMILES string of the molecule is CC(C)CCC[C@@H](C)C/C=C/[C@@H](C)CC(=O)N(C)C. The summed E-state index contributed by atoms with van der Waals surface area (Å²) in [5, 5.41) is 0. The molecule has 0 aliphatic heterocycles. The molecule has 0 aromatic rings. The van der Waals surface area contributed by atoms with Crippen molar-refractivity contribution < 1.29 is 4.79 Å². The smallest absolute Gasteiger partial charge is 0.222 e. The molecule has 0 aliphatic carbocycles. The van der Waals surface area contributed by atoms with E-state index in [-0.39, 0.29) is 5.91 Å². The lowest BCUT2D eigenvalue weighted by molar-refractivity contribution is -0.129. The van der Waals surface area contributed by atoms with E-state index in [1.807, 2.05) is 14.1 Å². The van der Waals surface area contributed by atoms with Crippen molar-refractivity contribution in [3.05, 3.63) is 12.2 Å². The molecule has 0 N–H and O–H groups in total. The minimum Gasteiger partial charge on any atom is -0.349 e. The average molecular weight is 267 g/mol. The topological polar surface area (TPSA) is 20.3 Å². The molecule has 0 saturated carbocycles. The fourth-order valence-corrected chi connectivity index (χ4v) is 2.06. The van der Waals surface area contributed by atoms with E-state index in [2.05, 4.69) is 39.8 Å². The summed E-state index contributed by atoms with van der Waals surface area (Å²) in [4.78, 5) is 13.2. The monoisotopic (exact) mass is 267 g/mol. The predicted octanol–water partition coefficient (Wildman–Crippen LogP) is 4.51. The maximum absolute atomic E-state index is 11.5. The summed E-state index contributed by atoms with van der Waals surface area (Å²) in [5.41, 5.74) is 0. The Morgan fingerprint density at radius 1 is 1.11 bits per heavy atom. The Morgan fingerprint density at radius 2 is 1.74 bits per heavy atom. The van der Waals surface area contributed by atoms with Crippen molar-refractivity contribution >= 4 is 5.91 Å². The lowest BCUT2D eigenvalue weighted by Gasteiger charge is -2.13. The van der Waals surface area contributed by atoms with Crippen LogP contribution in [0.4, 0.5) is 0 Å². The molecule has 1 amide bonds. The molecular weight excluding hydrogens is 234 g/mol. The van der Waals surface area contributed by atoms with Crippen molar-refractivity contribution in [2.45, 2.75) is 59.8 Å². The van der Waals surface area contributed by atoms with Gasteiger partial charge in [0.2, 0.25) is 5.91 Å². The van der Waals surface area contributed by atoms with Gasteiger partial charge in [0.05, 0.1) is 0 Å². The third-order valence-electron chi connectivity index (χ3n) is 3.48. The zero-order chi connectivity index (χ0) is 14.8. The van der Waals surface area contributed by atoms with Crippen LogP contribution in [-0.4, -0.2) is 24.9 Å². The normalized spacial score (nSPS) is 14.9. The summed E-state index contributed by atoms with van der Waals surface area (Å²) < 4.78 is 0. The van der Waals surface area contributed by atoms with Gasteiger partial charge in [0.1, 0.15) is 0 Å². The second kappa shape index (κ2) is 10.1. The van der Waals surface area contributed by atoms with Crippen LogP contribution in [0.25, 0.3) is 0 Å². The molecule has 0 aromatic carbocycles. The highest BCUT2D eigenvalue weighted by Gasteiger charge is 2.08. The van der Waals surface area contributed by atoms with Gasteiger partial charge in [-0.05, 0) is 24.2 Å². The van der Waals surface area contributed by atoms with Gasteiger partial charge < -0.3 is 4.90 Å². The van der Waals surface area contributed by atoms with Crippen LogP contribution in [-0.2, 0) is 4.79 Å². The molecule has 0 spiro atoms. The molecule has 19 heavy (non-hydrogen) atoms. The van der Waals surface area contributed by atoms with Crippen molar-refractivity contribution in [1.82, 2.24) is 4.90 Å². The number of carbonyl (C=O) groups excluding carboxylic acids is 1. The zero-order valence-corrected chi connectivity index (χ0v) is 13.8. The molecule has 0 saturated heterocycles. The van der Waals surface area contributed by atoms with Gasteiger partial charge in [0.25, 0.3) is 0 Å². The van der Waals surface area contributed by atoms with E-state index >= 15 is 0 Å². The Morgan fingerprint density at radius 3 is 2.26 bits per heavy atom. The molecule has 2 nitrogen and oxygen atoms in total. The van der Waals surface area contributed by atoms with Crippen LogP contribution in [0.3, 0.4) is 0 Å². The second-order valence-corrected chi connectivity index (χ2v) is 6.56. The Bertz CT molecular complexity index is 268. The van der Waals surface area contributed by atoms with Gasteiger partial charge in [0, 0.05) is 20.5 Å². The summed E-state index contributed by atoms with van der Waals surface area (Å²) in [6.07, 6.45) is 10.2. The Labute approximate surface area is 120 Å². The molecule has 2 heteroatoms. The quantitative estimate of drug-likeness (QED) is 0.563. The van der Waals surface area contributed by atoms with E-state index in [0.717, 1.165) is 18.3 Å². The maximum Gasteiger partial charge on any atom is 0.222 e. The maximum atomic E-state index is 11.5. The largest absolute Gasteiger partial charge is 0.349 e. The average Bonchev–Trinajstić information content (AvgIpc) is 2.28. The van der Waals surface area contributed by atoms with Gasteiger partial charge in [-0.15, -0.1) is 0 Å². The molecule has 0 rings (SSSR count). The predicted molar refractivity (Wildman–Crippen MR) is 84.1 cm³/mol. The van der Waals surface area contributed by atoms with Gasteiger partial charge in [-0.1, -0.05) is 59.1 Å². The Kier molecular flexibility index (Phi) is 9.63. The highest BCUT2D eigenvalue weighted by molar-refractivity contribution is 5.75. The first-order chi connectivity index (χ1) is 8.82. The van der Waals surface area contributed by atoms with Crippen LogP contribution in [0.1, 0.15) is 59.8 Å². The Hall–Kier alpha value is -0.790. The molecule has 0 bridgehead atoms. The highest BCUT2D eigenvalue weighted by atomic mass is 16.2. The molecule has 0 aromatic heterocycles. The summed E-state index contributed by atoms with van der Waals surface area (Å²) in [5.74, 6) is 2.13. The van der Waals surface area contributed by atoms with E-state index in [1.165, 1.54) is 19.3 Å². The summed E-state index contributed by atoms with van der Waals surface area (Å²) in [6.45, 7) is 9.00. The lowest BCUT2D eigenvalue weighted by Crippen LogP contribution is -2.23. The van der Waals surface area contributed by atoms with Crippen LogP contribution >= 0.6 is 0 Å². The number of amides is 1. The minimum absolute atomic E-state index is 0.210. The standard InChI is InChI=1S/C17H33NO/c1-14(2)9-7-10-15(3)11-8-12-16(4)13-17(19)18(5)6/h8,12,14-16H,7,9-11,13H2,1-6H3/b12-8+/t15-,16-/m1/s1. The van der Waals surface area contributed by atoms with Crippen LogP contribution < -0.4 is 0 Å². The van der Waals surface area contributed by atoms with Gasteiger partial charge in [0.15, 0.2) is 0 Å². The molecule has 0 aliphatic rings. The van der Waals surface area contributed by atoms with Gasteiger partial charge >= 0.3 is 0 Å². The van der Waals surface area contributed by atoms with Crippen LogP contribution in [0.5, 0.6) is 0 Å². The number of hydrogen-bond acceptors (Lipinski definition) is 1. The lowest BCUT2D eigenvalue weighted by atomic mass is 9.96. The second-order valence-electron chi connectivity index (χ2n) is 6.56. The molecule has 0 unspecified atom stereocenters. The molecular formula is C17H33NO. The third kappa shape index (κ3) is 10.8. The fraction of sp³-hybridized carbons (Fsp3) is 0.824. The van der Waals surface area contributed by atoms with Crippen molar-refractivity contribution in [2.24, 2.45) is 17.8 Å². The van der Waals surface area contributed by atoms with E-state index in [9.17, 15) is 4.79 Å². The van der Waals surface area contributed by atoms with Gasteiger partial charge in [-0.2, -0.15) is 0 Å². The Balaban J connectivity index is 3.79. The minimum atomic E-state index is 0.210. The molecule has 112 valence electrons. The fourth-order valence-electron chi connectivity index (χ4n) is 2.06. The zero-order valence-electron chi connectivity index (χ0n) is 13.8. The number of carbonyl (C=O) groups is 1. The van der Waals surface area contributed by atoms with E-state index in [0.29, 0.717) is 12.3 Å². The van der Waals surface area contributed by atoms with Crippen LogP contribution in [0, 0.1) is 17.8 Å². The van der Waals surface area contributed by atoms with Crippen molar-refractivity contribution in [2.75, 3.05) is 14.1 Å². The van der Waals surface area contributed by atoms with Gasteiger partial charge in [-0.25, -0.2) is 0 Å². The summed E-state index contributed by atoms with van der Waals surface area (Å²) in [7, 11) is 3.63. The first-order valence-electron chi connectivity index (χ1n) is 7.69. The molecule has 0 radical (unpaired) electrons. The van der Waals surface area contributed by atoms with E-state index in [4.69, 9.17) is 0 Å². The van der Waals surface area contributed by atoms with E-state index in [1.54, 1.807) is 4.90 Å². The number of rotatable bonds is 9. The number of hydrogen-bond donors (Lipinski definition) is 0. The van der Waals surface area contributed by atoms with Crippen LogP contribution in [0.15, 0.2) is 12.2 Å². The van der Waals surface area contributed by atoms with Crippen molar-refractivity contribution in [3.63, 3.8) is 0 Å². The first-order valence-corrected chi connectivity index (χ1v) is 7.69. The number of allylic oxidation sites excluding steroid dienone is 2. The first kappa shape index (κ1) is 18.2. The van der Waals surface area contributed by atoms with Gasteiger partial charge in [-0.3, -0.25) is 4.79 Å². The summed E-state index contributed by atoms with van der Waals surface area (Å²) in [6, 6.07) is 0. The molecule has 2 atom stereocenters.